The van der Waals surface area contributed by atoms with Crippen molar-refractivity contribution < 1.29 is 13.6 Å². The van der Waals surface area contributed by atoms with Crippen LogP contribution in [-0.2, 0) is 13.5 Å². The summed E-state index contributed by atoms with van der Waals surface area (Å²) in [5.74, 6) is -1.59. The number of hydrogen-bond donors (Lipinski definition) is 1. The number of hydrogen-bond acceptors (Lipinski definition) is 3. The largest absolute Gasteiger partial charge is 0.394 e. The van der Waals surface area contributed by atoms with Crippen LogP contribution in [0.3, 0.4) is 0 Å². The fourth-order valence-corrected chi connectivity index (χ4v) is 5.09. The van der Waals surface area contributed by atoms with Crippen LogP contribution in [0.4, 0.5) is 14.5 Å². The number of imidazole rings is 1. The standard InChI is InChI=1S/C27H23ClF2N4O/c1-5-15-12-21(27(35)16-10-18(29)24(31)19(30)11-16)34-8-6-7-17(26(15)34)22-13(2)9-20-25(23(22)28)32-14(3)33(20)4/h6-12H,5,31H2,1-4H3. The molecule has 35 heavy (non-hydrogen) atoms. The van der Waals surface area contributed by atoms with Crippen molar-refractivity contribution in [3.05, 3.63) is 87.5 Å². The summed E-state index contributed by atoms with van der Waals surface area (Å²) < 4.78 is 31.9. The normalized spacial score (nSPS) is 11.6. The van der Waals surface area contributed by atoms with E-state index in [9.17, 15) is 13.6 Å². The van der Waals surface area contributed by atoms with Gasteiger partial charge in [-0.25, -0.2) is 13.8 Å². The molecule has 0 aliphatic heterocycles. The number of nitrogen functional groups attached to an aromatic ring is 1. The van der Waals surface area contributed by atoms with E-state index < -0.39 is 23.1 Å². The Labute approximate surface area is 205 Å². The lowest BCUT2D eigenvalue weighted by Crippen LogP contribution is -2.08. The van der Waals surface area contributed by atoms with Crippen molar-refractivity contribution in [3.63, 3.8) is 0 Å². The Morgan fingerprint density at radius 1 is 1.14 bits per heavy atom. The zero-order chi connectivity index (χ0) is 25.2. The average Bonchev–Trinajstić information content (AvgIpc) is 3.35. The number of anilines is 1. The zero-order valence-electron chi connectivity index (χ0n) is 19.7. The first kappa shape index (κ1) is 23.1. The van der Waals surface area contributed by atoms with Gasteiger partial charge in [-0.1, -0.05) is 24.6 Å². The fourth-order valence-electron chi connectivity index (χ4n) is 4.70. The number of fused-ring (bicyclic) bond motifs is 2. The molecule has 0 radical (unpaired) electrons. The van der Waals surface area contributed by atoms with E-state index in [1.54, 1.807) is 16.7 Å². The highest BCUT2D eigenvalue weighted by atomic mass is 35.5. The van der Waals surface area contributed by atoms with Gasteiger partial charge < -0.3 is 14.7 Å². The number of nitrogens with two attached hydrogens (primary N) is 1. The number of carbonyl (C=O) groups is 1. The maximum atomic E-state index is 14.1. The van der Waals surface area contributed by atoms with Crippen LogP contribution in [0.1, 0.15) is 39.9 Å². The third kappa shape index (κ3) is 3.41. The molecule has 0 spiro atoms. The van der Waals surface area contributed by atoms with Gasteiger partial charge in [0, 0.05) is 29.9 Å². The smallest absolute Gasteiger partial charge is 0.209 e. The Balaban J connectivity index is 1.77. The van der Waals surface area contributed by atoms with E-state index in [-0.39, 0.29) is 5.56 Å². The van der Waals surface area contributed by atoms with Crippen molar-refractivity contribution in [2.75, 3.05) is 5.73 Å². The van der Waals surface area contributed by atoms with Gasteiger partial charge in [-0.15, -0.1) is 0 Å². The summed E-state index contributed by atoms with van der Waals surface area (Å²) in [6.07, 6.45) is 2.40. The fraction of sp³-hybridized carbons (Fsp3) is 0.185. The zero-order valence-corrected chi connectivity index (χ0v) is 20.5. The molecule has 0 unspecified atom stereocenters. The number of aromatic nitrogens is 3. The molecule has 178 valence electrons. The number of rotatable bonds is 4. The van der Waals surface area contributed by atoms with Gasteiger partial charge in [0.05, 0.1) is 21.7 Å². The first-order valence-corrected chi connectivity index (χ1v) is 11.6. The van der Waals surface area contributed by atoms with Gasteiger partial charge in [0.2, 0.25) is 5.78 Å². The molecule has 8 heteroatoms. The number of benzene rings is 2. The van der Waals surface area contributed by atoms with Gasteiger partial charge in [-0.05, 0) is 61.7 Å². The Hall–Kier alpha value is -3.71. The molecule has 0 atom stereocenters. The second kappa shape index (κ2) is 8.20. The molecule has 5 aromatic rings. The van der Waals surface area contributed by atoms with Crippen LogP contribution < -0.4 is 5.73 Å². The molecule has 0 aliphatic carbocycles. The minimum absolute atomic E-state index is 0.110. The lowest BCUT2D eigenvalue weighted by atomic mass is 9.97. The average molecular weight is 493 g/mol. The molecule has 3 aromatic heterocycles. The van der Waals surface area contributed by atoms with Crippen molar-refractivity contribution >= 4 is 39.6 Å². The van der Waals surface area contributed by atoms with Crippen LogP contribution in [-0.4, -0.2) is 19.7 Å². The summed E-state index contributed by atoms with van der Waals surface area (Å²) in [6.45, 7) is 5.91. The van der Waals surface area contributed by atoms with Gasteiger partial charge in [-0.2, -0.15) is 0 Å². The third-order valence-corrected chi connectivity index (χ3v) is 7.00. The first-order chi connectivity index (χ1) is 16.6. The highest BCUT2D eigenvalue weighted by molar-refractivity contribution is 6.38. The quantitative estimate of drug-likeness (QED) is 0.232. The second-order valence-corrected chi connectivity index (χ2v) is 9.08. The van der Waals surface area contributed by atoms with E-state index in [1.807, 2.05) is 44.5 Å². The topological polar surface area (TPSA) is 65.3 Å². The van der Waals surface area contributed by atoms with E-state index >= 15 is 0 Å². The molecule has 0 saturated carbocycles. The molecule has 0 aliphatic rings. The van der Waals surface area contributed by atoms with Gasteiger partial charge >= 0.3 is 0 Å². The van der Waals surface area contributed by atoms with E-state index in [0.717, 1.165) is 51.2 Å². The maximum Gasteiger partial charge on any atom is 0.209 e. The highest BCUT2D eigenvalue weighted by Gasteiger charge is 2.23. The number of aryl methyl sites for hydroxylation is 4. The van der Waals surface area contributed by atoms with Crippen molar-refractivity contribution in [2.45, 2.75) is 27.2 Å². The van der Waals surface area contributed by atoms with Crippen molar-refractivity contribution in [1.29, 1.82) is 0 Å². The van der Waals surface area contributed by atoms with E-state index in [2.05, 4.69) is 11.1 Å². The molecule has 2 aromatic carbocycles. The van der Waals surface area contributed by atoms with Crippen LogP contribution in [0.25, 0.3) is 27.7 Å². The Morgan fingerprint density at radius 2 is 1.83 bits per heavy atom. The second-order valence-electron chi connectivity index (χ2n) is 8.70. The molecule has 0 saturated heterocycles. The van der Waals surface area contributed by atoms with Crippen LogP contribution >= 0.6 is 11.6 Å². The van der Waals surface area contributed by atoms with Crippen molar-refractivity contribution in [3.8, 4) is 11.1 Å². The lowest BCUT2D eigenvalue weighted by Gasteiger charge is -2.14. The number of pyridine rings is 1. The SMILES string of the molecule is CCc1cc(C(=O)c2cc(F)c(N)c(F)c2)n2cccc(-c3c(C)cc4c(nc(C)n4C)c3Cl)c12. The molecule has 0 fully saturated rings. The minimum Gasteiger partial charge on any atom is -0.394 e. The number of halogens is 3. The first-order valence-electron chi connectivity index (χ1n) is 11.2. The van der Waals surface area contributed by atoms with Crippen LogP contribution in [0.5, 0.6) is 0 Å². The van der Waals surface area contributed by atoms with Crippen LogP contribution in [0, 0.1) is 25.5 Å². The van der Waals surface area contributed by atoms with Crippen molar-refractivity contribution in [2.24, 2.45) is 7.05 Å². The molecular weight excluding hydrogens is 470 g/mol. The molecule has 3 heterocycles. The summed E-state index contributed by atoms with van der Waals surface area (Å²) >= 11 is 6.93. The van der Waals surface area contributed by atoms with E-state index in [4.69, 9.17) is 17.3 Å². The summed E-state index contributed by atoms with van der Waals surface area (Å²) in [6, 6.07) is 9.54. The van der Waals surface area contributed by atoms with E-state index in [0.29, 0.717) is 22.7 Å². The van der Waals surface area contributed by atoms with E-state index in [1.165, 1.54) is 0 Å². The van der Waals surface area contributed by atoms with Gasteiger partial charge in [0.25, 0.3) is 0 Å². The Bertz CT molecular complexity index is 1660. The van der Waals surface area contributed by atoms with Crippen LogP contribution in [0.15, 0.2) is 42.6 Å². The number of nitrogens with zero attached hydrogens (tertiary/aromatic N) is 3. The molecule has 5 nitrogen and oxygen atoms in total. The van der Waals surface area contributed by atoms with Gasteiger partial charge in [0.15, 0.2) is 0 Å². The predicted molar refractivity (Wildman–Crippen MR) is 135 cm³/mol. The molecular formula is C27H23ClF2N4O. The summed E-state index contributed by atoms with van der Waals surface area (Å²) in [4.78, 5) is 18.0. The number of ketones is 1. The minimum atomic E-state index is -0.966. The summed E-state index contributed by atoms with van der Waals surface area (Å²) in [5.41, 5.74) is 11.0. The Kier molecular flexibility index (Phi) is 5.40. The molecule has 5 rings (SSSR count). The maximum absolute atomic E-state index is 14.1. The predicted octanol–water partition coefficient (Wildman–Crippen LogP) is 6.42. The van der Waals surface area contributed by atoms with Gasteiger partial charge in [-0.3, -0.25) is 4.79 Å². The molecule has 2 N–H and O–H groups in total. The monoisotopic (exact) mass is 492 g/mol. The summed E-state index contributed by atoms with van der Waals surface area (Å²) in [7, 11) is 1.95. The van der Waals surface area contributed by atoms with Crippen molar-refractivity contribution in [1.82, 2.24) is 14.0 Å². The summed E-state index contributed by atoms with van der Waals surface area (Å²) in [5, 5.41) is 0.538. The highest BCUT2D eigenvalue weighted by Crippen LogP contribution is 2.40. The lowest BCUT2D eigenvalue weighted by molar-refractivity contribution is 0.103. The molecule has 0 bridgehead atoms. The number of carbonyl (C=O) groups excluding carboxylic acids is 1. The molecule has 0 amide bonds. The third-order valence-electron chi connectivity index (χ3n) is 6.63. The van der Waals surface area contributed by atoms with Crippen LogP contribution in [0.2, 0.25) is 5.02 Å². The van der Waals surface area contributed by atoms with Gasteiger partial charge in [0.1, 0.15) is 28.7 Å². The Morgan fingerprint density at radius 3 is 2.49 bits per heavy atom.